The summed E-state index contributed by atoms with van der Waals surface area (Å²) < 4.78 is 5.53. The Hall–Kier alpha value is -1.06. The molecule has 1 saturated carbocycles. The quantitative estimate of drug-likeness (QED) is 0.867. The summed E-state index contributed by atoms with van der Waals surface area (Å²) in [5.74, 6) is 1.46. The van der Waals surface area contributed by atoms with Gasteiger partial charge in [0.25, 0.3) is 0 Å². The predicted molar refractivity (Wildman–Crippen MR) is 79.8 cm³/mol. The smallest absolute Gasteiger partial charge is 0.119 e. The third-order valence-corrected chi connectivity index (χ3v) is 4.32. The van der Waals surface area contributed by atoms with E-state index in [0.717, 1.165) is 30.6 Å². The standard InChI is InChI=1S/C17H26O3/c1-3-12-20-15-6-4-14(5-7-15)16(18)17(19)10-8-13(2)9-11-17/h4-7,13,16,18-19H,3,8-12H2,1-2H3. The zero-order valence-electron chi connectivity index (χ0n) is 12.5. The van der Waals surface area contributed by atoms with Crippen molar-refractivity contribution in [1.82, 2.24) is 0 Å². The Bertz CT molecular complexity index is 405. The first kappa shape index (κ1) is 15.3. The lowest BCUT2D eigenvalue weighted by Crippen LogP contribution is -2.39. The molecule has 1 atom stereocenters. The molecular weight excluding hydrogens is 252 g/mol. The van der Waals surface area contributed by atoms with Gasteiger partial charge in [0.15, 0.2) is 0 Å². The van der Waals surface area contributed by atoms with Gasteiger partial charge >= 0.3 is 0 Å². The number of rotatable bonds is 5. The zero-order valence-corrected chi connectivity index (χ0v) is 12.5. The highest BCUT2D eigenvalue weighted by atomic mass is 16.5. The SMILES string of the molecule is CCCOc1ccc(C(O)C2(O)CCC(C)CC2)cc1. The summed E-state index contributed by atoms with van der Waals surface area (Å²) in [7, 11) is 0. The third-order valence-electron chi connectivity index (χ3n) is 4.32. The first-order valence-electron chi connectivity index (χ1n) is 7.68. The van der Waals surface area contributed by atoms with Crippen molar-refractivity contribution < 1.29 is 14.9 Å². The Balaban J connectivity index is 2.03. The van der Waals surface area contributed by atoms with Crippen molar-refractivity contribution in [3.05, 3.63) is 29.8 Å². The lowest BCUT2D eigenvalue weighted by Gasteiger charge is -2.38. The summed E-state index contributed by atoms with van der Waals surface area (Å²) >= 11 is 0. The molecule has 112 valence electrons. The van der Waals surface area contributed by atoms with Crippen LogP contribution in [0.2, 0.25) is 0 Å². The minimum Gasteiger partial charge on any atom is -0.494 e. The van der Waals surface area contributed by atoms with Gasteiger partial charge in [-0.25, -0.2) is 0 Å². The Morgan fingerprint density at radius 2 is 1.85 bits per heavy atom. The minimum absolute atomic E-state index is 0.646. The molecule has 0 aliphatic heterocycles. The van der Waals surface area contributed by atoms with E-state index in [2.05, 4.69) is 13.8 Å². The van der Waals surface area contributed by atoms with Gasteiger partial charge in [0.05, 0.1) is 12.2 Å². The van der Waals surface area contributed by atoms with Crippen molar-refractivity contribution >= 4 is 0 Å². The molecule has 20 heavy (non-hydrogen) atoms. The van der Waals surface area contributed by atoms with Crippen molar-refractivity contribution in [2.75, 3.05) is 6.61 Å². The fraction of sp³-hybridized carbons (Fsp3) is 0.647. The van der Waals surface area contributed by atoms with Crippen LogP contribution in [-0.4, -0.2) is 22.4 Å². The number of aliphatic hydroxyl groups is 2. The van der Waals surface area contributed by atoms with Crippen molar-refractivity contribution in [1.29, 1.82) is 0 Å². The Kier molecular flexibility index (Phi) is 5.06. The maximum Gasteiger partial charge on any atom is 0.119 e. The van der Waals surface area contributed by atoms with Crippen LogP contribution in [0, 0.1) is 5.92 Å². The molecule has 0 amide bonds. The molecule has 0 spiro atoms. The molecule has 3 nitrogen and oxygen atoms in total. The molecule has 0 bridgehead atoms. The second-order valence-electron chi connectivity index (χ2n) is 6.11. The molecule has 1 aliphatic rings. The van der Waals surface area contributed by atoms with Crippen molar-refractivity contribution in [2.45, 2.75) is 57.7 Å². The number of benzene rings is 1. The zero-order chi connectivity index (χ0) is 14.6. The molecule has 0 saturated heterocycles. The first-order chi connectivity index (χ1) is 9.55. The van der Waals surface area contributed by atoms with Gasteiger partial charge in [-0.3, -0.25) is 0 Å². The molecule has 1 fully saturated rings. The Morgan fingerprint density at radius 3 is 2.40 bits per heavy atom. The van der Waals surface area contributed by atoms with Crippen LogP contribution in [0.25, 0.3) is 0 Å². The van der Waals surface area contributed by atoms with Gasteiger partial charge in [0.1, 0.15) is 11.9 Å². The van der Waals surface area contributed by atoms with Crippen LogP contribution in [0.3, 0.4) is 0 Å². The van der Waals surface area contributed by atoms with Crippen LogP contribution in [-0.2, 0) is 0 Å². The molecule has 0 radical (unpaired) electrons. The van der Waals surface area contributed by atoms with Crippen LogP contribution in [0.1, 0.15) is 57.6 Å². The van der Waals surface area contributed by atoms with Gasteiger partial charge in [-0.05, 0) is 55.7 Å². The molecule has 0 heterocycles. The van der Waals surface area contributed by atoms with Crippen LogP contribution in [0.15, 0.2) is 24.3 Å². The van der Waals surface area contributed by atoms with Gasteiger partial charge in [-0.2, -0.15) is 0 Å². The van der Waals surface area contributed by atoms with E-state index in [1.165, 1.54) is 0 Å². The summed E-state index contributed by atoms with van der Waals surface area (Å²) in [6.07, 6.45) is 3.46. The van der Waals surface area contributed by atoms with Crippen molar-refractivity contribution in [3.63, 3.8) is 0 Å². The van der Waals surface area contributed by atoms with E-state index in [9.17, 15) is 10.2 Å². The highest BCUT2D eigenvalue weighted by molar-refractivity contribution is 5.30. The minimum atomic E-state index is -0.974. The second kappa shape index (κ2) is 6.59. The largest absolute Gasteiger partial charge is 0.494 e. The van der Waals surface area contributed by atoms with Crippen molar-refractivity contribution in [3.8, 4) is 5.75 Å². The number of hydrogen-bond acceptors (Lipinski definition) is 3. The lowest BCUT2D eigenvalue weighted by molar-refractivity contribution is -0.105. The van der Waals surface area contributed by atoms with E-state index in [1.807, 2.05) is 24.3 Å². The van der Waals surface area contributed by atoms with E-state index >= 15 is 0 Å². The summed E-state index contributed by atoms with van der Waals surface area (Å²) in [6.45, 7) is 4.97. The van der Waals surface area contributed by atoms with Crippen molar-refractivity contribution in [2.24, 2.45) is 5.92 Å². The van der Waals surface area contributed by atoms with Crippen LogP contribution < -0.4 is 4.74 Å². The fourth-order valence-electron chi connectivity index (χ4n) is 2.81. The molecule has 1 aliphatic carbocycles. The average Bonchev–Trinajstić information content (AvgIpc) is 2.48. The van der Waals surface area contributed by atoms with E-state index in [1.54, 1.807) is 0 Å². The van der Waals surface area contributed by atoms with Gasteiger partial charge in [-0.1, -0.05) is 26.0 Å². The molecule has 3 heteroatoms. The number of ether oxygens (including phenoxy) is 1. The highest BCUT2D eigenvalue weighted by Gasteiger charge is 2.39. The fourth-order valence-corrected chi connectivity index (χ4v) is 2.81. The summed E-state index contributed by atoms with van der Waals surface area (Å²) in [6, 6.07) is 7.43. The normalized spacial score (nSPS) is 28.1. The average molecular weight is 278 g/mol. The van der Waals surface area contributed by atoms with E-state index in [4.69, 9.17) is 4.74 Å². The van der Waals surface area contributed by atoms with Gasteiger partial charge < -0.3 is 14.9 Å². The summed E-state index contributed by atoms with van der Waals surface area (Å²) in [4.78, 5) is 0. The maximum atomic E-state index is 10.6. The van der Waals surface area contributed by atoms with Gasteiger partial charge in [-0.15, -0.1) is 0 Å². The lowest BCUT2D eigenvalue weighted by atomic mass is 9.75. The Morgan fingerprint density at radius 1 is 1.25 bits per heavy atom. The van der Waals surface area contributed by atoms with E-state index < -0.39 is 11.7 Å². The molecule has 2 rings (SSSR count). The summed E-state index contributed by atoms with van der Waals surface area (Å²) in [5, 5.41) is 21.1. The maximum absolute atomic E-state index is 10.6. The van der Waals surface area contributed by atoms with E-state index in [0.29, 0.717) is 25.4 Å². The van der Waals surface area contributed by atoms with Crippen LogP contribution >= 0.6 is 0 Å². The monoisotopic (exact) mass is 278 g/mol. The molecule has 1 aromatic carbocycles. The van der Waals surface area contributed by atoms with Crippen LogP contribution in [0.4, 0.5) is 0 Å². The van der Waals surface area contributed by atoms with Crippen LogP contribution in [0.5, 0.6) is 5.75 Å². The number of aliphatic hydroxyl groups excluding tert-OH is 1. The Labute approximate surface area is 121 Å². The topological polar surface area (TPSA) is 49.7 Å². The highest BCUT2D eigenvalue weighted by Crippen LogP contribution is 2.40. The molecule has 0 aromatic heterocycles. The third kappa shape index (κ3) is 3.53. The predicted octanol–water partition coefficient (Wildman–Crippen LogP) is 3.45. The second-order valence-corrected chi connectivity index (χ2v) is 6.11. The molecular formula is C17H26O3. The summed E-state index contributed by atoms with van der Waals surface area (Å²) in [5.41, 5.74) is -0.205. The van der Waals surface area contributed by atoms with Gasteiger partial charge in [0.2, 0.25) is 0 Å². The van der Waals surface area contributed by atoms with Gasteiger partial charge in [0, 0.05) is 0 Å². The first-order valence-corrected chi connectivity index (χ1v) is 7.68. The molecule has 1 unspecified atom stereocenters. The van der Waals surface area contributed by atoms with E-state index in [-0.39, 0.29) is 0 Å². The number of hydrogen-bond donors (Lipinski definition) is 2. The molecule has 1 aromatic rings. The molecule has 2 N–H and O–H groups in total.